The molecule has 0 N–H and O–H groups in total. The zero-order chi connectivity index (χ0) is 18.5. The fourth-order valence-corrected chi connectivity index (χ4v) is 3.92. The first-order valence-electron chi connectivity index (χ1n) is 9.08. The molecule has 5 rings (SSSR count). The van der Waals surface area contributed by atoms with Crippen LogP contribution in [0.3, 0.4) is 0 Å². The van der Waals surface area contributed by atoms with Crippen LogP contribution in [0.2, 0.25) is 0 Å². The van der Waals surface area contributed by atoms with Crippen LogP contribution in [0.5, 0.6) is 0 Å². The van der Waals surface area contributed by atoms with Gasteiger partial charge in [0.2, 0.25) is 0 Å². The Kier molecular flexibility index (Phi) is 3.41. The Hall–Kier alpha value is -3.39. The van der Waals surface area contributed by atoms with Crippen LogP contribution in [-0.4, -0.2) is 0 Å². The van der Waals surface area contributed by atoms with Gasteiger partial charge in [-0.15, -0.1) is 0 Å². The quantitative estimate of drug-likeness (QED) is 0.261. The lowest BCUT2D eigenvalue weighted by Gasteiger charge is -2.17. The standard InChI is InChI=1S/C25H18O2/c1-15-7-10-20-17(13-15)8-11-22-24(19-6-4-3-5-16(19)2)21-12-9-18(26)14-23(21)27-25(20)22/h3-14H,1-2H3. The van der Waals surface area contributed by atoms with Crippen molar-refractivity contribution >= 4 is 21.7 Å². The molecule has 1 aliphatic carbocycles. The Morgan fingerprint density at radius 3 is 2.41 bits per heavy atom. The Balaban J connectivity index is 2.04. The minimum Gasteiger partial charge on any atom is -0.455 e. The first-order chi connectivity index (χ1) is 13.1. The number of fused-ring (bicyclic) bond motifs is 4. The molecule has 0 unspecified atom stereocenters. The molecule has 0 aromatic heterocycles. The topological polar surface area (TPSA) is 30.2 Å². The van der Waals surface area contributed by atoms with E-state index in [4.69, 9.17) is 4.42 Å². The third kappa shape index (κ3) is 2.45. The fraction of sp³-hybridized carbons (Fsp3) is 0.0800. The first-order valence-corrected chi connectivity index (χ1v) is 9.08. The third-order valence-corrected chi connectivity index (χ3v) is 5.24. The van der Waals surface area contributed by atoms with E-state index >= 15 is 0 Å². The highest BCUT2D eigenvalue weighted by atomic mass is 16.3. The summed E-state index contributed by atoms with van der Waals surface area (Å²) in [6.07, 6.45) is 0. The summed E-state index contributed by atoms with van der Waals surface area (Å²) in [6, 6.07) is 24.1. The van der Waals surface area contributed by atoms with Gasteiger partial charge >= 0.3 is 0 Å². The molecule has 0 saturated carbocycles. The summed E-state index contributed by atoms with van der Waals surface area (Å²) >= 11 is 0. The SMILES string of the molecule is Cc1ccc2c(ccc3c(-c4ccccc4C)c4ccc(=O)cc-4oc32)c1. The molecule has 0 fully saturated rings. The Bertz CT molecular complexity index is 1360. The van der Waals surface area contributed by atoms with Crippen molar-refractivity contribution in [1.29, 1.82) is 0 Å². The van der Waals surface area contributed by atoms with Gasteiger partial charge in [-0.05, 0) is 48.6 Å². The lowest BCUT2D eigenvalue weighted by atomic mass is 9.90. The minimum absolute atomic E-state index is 0.0441. The van der Waals surface area contributed by atoms with Crippen molar-refractivity contribution in [3.05, 3.63) is 94.1 Å². The Morgan fingerprint density at radius 2 is 1.56 bits per heavy atom. The van der Waals surface area contributed by atoms with Crippen LogP contribution in [0, 0.1) is 13.8 Å². The van der Waals surface area contributed by atoms with Crippen molar-refractivity contribution in [2.24, 2.45) is 0 Å². The number of rotatable bonds is 1. The van der Waals surface area contributed by atoms with Crippen molar-refractivity contribution < 1.29 is 4.42 Å². The second kappa shape index (κ2) is 5.82. The van der Waals surface area contributed by atoms with Crippen LogP contribution in [-0.2, 0) is 0 Å². The van der Waals surface area contributed by atoms with Gasteiger partial charge in [-0.25, -0.2) is 0 Å². The summed E-state index contributed by atoms with van der Waals surface area (Å²) in [5.41, 5.74) is 6.43. The second-order valence-corrected chi connectivity index (χ2v) is 7.12. The molecule has 130 valence electrons. The average molecular weight is 350 g/mol. The maximum Gasteiger partial charge on any atom is 0.182 e. The van der Waals surface area contributed by atoms with Gasteiger partial charge < -0.3 is 4.42 Å². The van der Waals surface area contributed by atoms with E-state index < -0.39 is 0 Å². The van der Waals surface area contributed by atoms with Crippen LogP contribution in [0.15, 0.2) is 82.0 Å². The highest BCUT2D eigenvalue weighted by molar-refractivity contribution is 6.12. The number of hydrogen-bond donors (Lipinski definition) is 0. The summed E-state index contributed by atoms with van der Waals surface area (Å²) in [7, 11) is 0. The molecular weight excluding hydrogens is 332 g/mol. The van der Waals surface area contributed by atoms with Crippen molar-refractivity contribution in [3.63, 3.8) is 0 Å². The van der Waals surface area contributed by atoms with E-state index in [1.54, 1.807) is 12.1 Å². The van der Waals surface area contributed by atoms with Gasteiger partial charge in [0, 0.05) is 28.0 Å². The van der Waals surface area contributed by atoms with E-state index in [0.29, 0.717) is 5.76 Å². The summed E-state index contributed by atoms with van der Waals surface area (Å²) in [5, 5.41) is 3.26. The second-order valence-electron chi connectivity index (χ2n) is 7.12. The van der Waals surface area contributed by atoms with Gasteiger partial charge in [0.25, 0.3) is 0 Å². The molecule has 2 aliphatic rings. The normalized spacial score (nSPS) is 11.5. The van der Waals surface area contributed by atoms with Crippen LogP contribution in [0.1, 0.15) is 11.1 Å². The molecule has 0 atom stereocenters. The molecule has 1 aliphatic heterocycles. The zero-order valence-electron chi connectivity index (χ0n) is 15.2. The van der Waals surface area contributed by atoms with Gasteiger partial charge in [0.15, 0.2) is 5.43 Å². The number of aryl methyl sites for hydroxylation is 2. The Labute approximate surface area is 157 Å². The third-order valence-electron chi connectivity index (χ3n) is 5.24. The van der Waals surface area contributed by atoms with E-state index in [1.807, 2.05) is 12.1 Å². The number of hydrogen-bond acceptors (Lipinski definition) is 2. The average Bonchev–Trinajstić information content (AvgIpc) is 2.66. The van der Waals surface area contributed by atoms with E-state index in [9.17, 15) is 4.79 Å². The zero-order valence-corrected chi connectivity index (χ0v) is 15.2. The smallest absolute Gasteiger partial charge is 0.182 e. The van der Waals surface area contributed by atoms with Crippen molar-refractivity contribution in [2.75, 3.05) is 0 Å². The molecule has 3 aromatic carbocycles. The monoisotopic (exact) mass is 350 g/mol. The van der Waals surface area contributed by atoms with Crippen LogP contribution in [0.25, 0.3) is 44.2 Å². The maximum absolute atomic E-state index is 12.0. The van der Waals surface area contributed by atoms with Gasteiger partial charge in [0.05, 0.1) is 0 Å². The lowest BCUT2D eigenvalue weighted by molar-refractivity contribution is 0.623. The van der Waals surface area contributed by atoms with E-state index in [-0.39, 0.29) is 5.43 Å². The predicted octanol–water partition coefficient (Wildman–Crippen LogP) is 6.33. The van der Waals surface area contributed by atoms with Crippen molar-refractivity contribution in [1.82, 2.24) is 0 Å². The summed E-state index contributed by atoms with van der Waals surface area (Å²) in [4.78, 5) is 12.0. The summed E-state index contributed by atoms with van der Waals surface area (Å²) < 4.78 is 6.28. The molecule has 3 aromatic rings. The first kappa shape index (κ1) is 15.8. The van der Waals surface area contributed by atoms with Gasteiger partial charge in [-0.2, -0.15) is 0 Å². The van der Waals surface area contributed by atoms with Crippen LogP contribution < -0.4 is 5.43 Å². The molecule has 0 spiro atoms. The van der Waals surface area contributed by atoms with E-state index in [2.05, 4.69) is 62.4 Å². The molecular formula is C25H18O2. The van der Waals surface area contributed by atoms with E-state index in [0.717, 1.165) is 38.4 Å². The summed E-state index contributed by atoms with van der Waals surface area (Å²) in [6.45, 7) is 4.20. The largest absolute Gasteiger partial charge is 0.455 e. The molecule has 1 heterocycles. The van der Waals surface area contributed by atoms with E-state index in [1.165, 1.54) is 11.1 Å². The molecule has 0 bridgehead atoms. The van der Waals surface area contributed by atoms with Crippen molar-refractivity contribution in [3.8, 4) is 22.5 Å². The van der Waals surface area contributed by atoms with Gasteiger partial charge in [0.1, 0.15) is 11.3 Å². The molecule has 27 heavy (non-hydrogen) atoms. The van der Waals surface area contributed by atoms with Gasteiger partial charge in [-0.1, -0.05) is 54.1 Å². The van der Waals surface area contributed by atoms with Crippen molar-refractivity contribution in [2.45, 2.75) is 13.8 Å². The molecule has 2 nitrogen and oxygen atoms in total. The predicted molar refractivity (Wildman–Crippen MR) is 112 cm³/mol. The van der Waals surface area contributed by atoms with Crippen LogP contribution >= 0.6 is 0 Å². The maximum atomic E-state index is 12.0. The number of benzene rings is 4. The highest BCUT2D eigenvalue weighted by Gasteiger charge is 2.19. The molecule has 0 amide bonds. The fourth-order valence-electron chi connectivity index (χ4n) is 3.92. The molecule has 2 heteroatoms. The molecule has 0 saturated heterocycles. The minimum atomic E-state index is -0.0441. The van der Waals surface area contributed by atoms with Crippen LogP contribution in [0.4, 0.5) is 0 Å². The molecule has 0 radical (unpaired) electrons. The summed E-state index contributed by atoms with van der Waals surface area (Å²) in [5.74, 6) is 0.626. The highest BCUT2D eigenvalue weighted by Crippen LogP contribution is 2.42. The Morgan fingerprint density at radius 1 is 0.741 bits per heavy atom. The lowest BCUT2D eigenvalue weighted by Crippen LogP contribution is -2.00. The van der Waals surface area contributed by atoms with Gasteiger partial charge in [-0.3, -0.25) is 4.79 Å².